The van der Waals surface area contributed by atoms with Crippen LogP contribution < -0.4 is 19.6 Å². The largest absolute Gasteiger partial charge is 0.496 e. The van der Waals surface area contributed by atoms with Gasteiger partial charge in [-0.1, -0.05) is 55.5 Å². The number of fused-ring (bicyclic) bond motifs is 1. The summed E-state index contributed by atoms with van der Waals surface area (Å²) < 4.78 is 18.8. The first kappa shape index (κ1) is 26.4. The van der Waals surface area contributed by atoms with Gasteiger partial charge in [0.05, 0.1) is 41.8 Å². The van der Waals surface area contributed by atoms with Crippen LogP contribution in [0, 0.1) is 6.92 Å². The molecule has 0 saturated heterocycles. The number of hydrogen-bond donors (Lipinski definition) is 0. The number of carbonyl (C=O) groups excluding carboxylic acids is 1. The van der Waals surface area contributed by atoms with Crippen molar-refractivity contribution < 1.29 is 18.7 Å². The van der Waals surface area contributed by atoms with Crippen LogP contribution in [0.4, 0.5) is 0 Å². The van der Waals surface area contributed by atoms with E-state index in [2.05, 4.69) is 13.8 Å². The Hall–Kier alpha value is -4.17. The zero-order valence-electron chi connectivity index (χ0n) is 22.6. The van der Waals surface area contributed by atoms with E-state index >= 15 is 0 Å². The molecule has 8 heteroatoms. The Morgan fingerprint density at radius 1 is 1.18 bits per heavy atom. The first-order valence-electron chi connectivity index (χ1n) is 12.8. The molecule has 0 aliphatic carbocycles. The van der Waals surface area contributed by atoms with Gasteiger partial charge in [0.25, 0.3) is 5.56 Å². The van der Waals surface area contributed by atoms with E-state index in [1.807, 2.05) is 49.4 Å². The lowest BCUT2D eigenvalue weighted by Crippen LogP contribution is -2.40. The number of rotatable bonds is 7. The van der Waals surface area contributed by atoms with Crippen molar-refractivity contribution in [1.82, 2.24) is 4.57 Å². The Balaban J connectivity index is 1.89. The molecular weight excluding hydrogens is 512 g/mol. The minimum Gasteiger partial charge on any atom is -0.496 e. The maximum absolute atomic E-state index is 14.0. The van der Waals surface area contributed by atoms with Crippen molar-refractivity contribution in [3.05, 3.63) is 114 Å². The van der Waals surface area contributed by atoms with Crippen LogP contribution in [0.2, 0.25) is 0 Å². The number of methoxy groups -OCH3 is 1. The molecule has 0 spiro atoms. The molecule has 200 valence electrons. The molecule has 2 aromatic heterocycles. The first-order valence-corrected chi connectivity index (χ1v) is 13.7. The van der Waals surface area contributed by atoms with Gasteiger partial charge in [0.1, 0.15) is 11.5 Å². The van der Waals surface area contributed by atoms with Crippen molar-refractivity contribution in [2.75, 3.05) is 13.7 Å². The van der Waals surface area contributed by atoms with E-state index in [0.29, 0.717) is 26.4 Å². The lowest BCUT2D eigenvalue weighted by molar-refractivity contribution is -0.138. The highest BCUT2D eigenvalue weighted by Gasteiger charge is 2.36. The van der Waals surface area contributed by atoms with Crippen LogP contribution in [0.1, 0.15) is 60.7 Å². The molecule has 3 heterocycles. The Bertz CT molecular complexity index is 1730. The third-order valence-electron chi connectivity index (χ3n) is 6.73. The fraction of sp³-hybridized carbons (Fsp3) is 0.258. The maximum Gasteiger partial charge on any atom is 0.338 e. The standard InChI is InChI=1S/C31H30N2O5S/c1-6-37-30(35)26-27(20-11-8-7-9-12-20)32-31-33(29(34)25(39-31)16-21-13-10-14-38-21)28(26)23-17-22(18(2)3)24(36-5)15-19(23)4/h7-18,28H,6H2,1-5H3/b25-16-. The van der Waals surface area contributed by atoms with E-state index in [1.165, 1.54) is 11.3 Å². The lowest BCUT2D eigenvalue weighted by atomic mass is 9.87. The molecule has 5 rings (SSSR count). The van der Waals surface area contributed by atoms with Crippen LogP contribution in [0.25, 0.3) is 11.8 Å². The predicted molar refractivity (Wildman–Crippen MR) is 152 cm³/mol. The monoisotopic (exact) mass is 542 g/mol. The maximum atomic E-state index is 14.0. The lowest BCUT2D eigenvalue weighted by Gasteiger charge is -2.28. The molecule has 0 saturated carbocycles. The number of thiazole rings is 1. The average Bonchev–Trinajstić information content (AvgIpc) is 3.55. The van der Waals surface area contributed by atoms with Crippen LogP contribution in [0.5, 0.6) is 5.75 Å². The molecule has 0 radical (unpaired) electrons. The molecule has 0 amide bonds. The first-order chi connectivity index (χ1) is 18.8. The molecule has 1 aliphatic rings. The van der Waals surface area contributed by atoms with Gasteiger partial charge in [-0.15, -0.1) is 0 Å². The molecule has 2 aromatic carbocycles. The number of aromatic nitrogens is 1. The summed E-state index contributed by atoms with van der Waals surface area (Å²) in [5.41, 5.74) is 4.01. The number of aryl methyl sites for hydroxylation is 1. The second kappa shape index (κ2) is 10.9. The van der Waals surface area contributed by atoms with E-state index in [4.69, 9.17) is 18.9 Å². The van der Waals surface area contributed by atoms with Crippen LogP contribution in [0.15, 0.2) is 80.6 Å². The van der Waals surface area contributed by atoms with Crippen LogP contribution >= 0.6 is 11.3 Å². The molecule has 39 heavy (non-hydrogen) atoms. The topological polar surface area (TPSA) is 83.0 Å². The Labute approximate surface area is 230 Å². The molecule has 0 N–H and O–H groups in total. The zero-order chi connectivity index (χ0) is 27.7. The zero-order valence-corrected chi connectivity index (χ0v) is 23.4. The highest BCUT2D eigenvalue weighted by molar-refractivity contribution is 7.07. The van der Waals surface area contributed by atoms with E-state index in [1.54, 1.807) is 43.1 Å². The van der Waals surface area contributed by atoms with Crippen molar-refractivity contribution in [3.8, 4) is 5.75 Å². The van der Waals surface area contributed by atoms with Gasteiger partial charge in [0.2, 0.25) is 0 Å². The van der Waals surface area contributed by atoms with Gasteiger partial charge in [-0.3, -0.25) is 9.36 Å². The van der Waals surface area contributed by atoms with Gasteiger partial charge in [-0.25, -0.2) is 9.79 Å². The van der Waals surface area contributed by atoms with Crippen molar-refractivity contribution in [3.63, 3.8) is 0 Å². The van der Waals surface area contributed by atoms with E-state index < -0.39 is 12.0 Å². The quantitative estimate of drug-likeness (QED) is 0.308. The fourth-order valence-electron chi connectivity index (χ4n) is 4.88. The number of carbonyl (C=O) groups is 1. The molecule has 7 nitrogen and oxygen atoms in total. The van der Waals surface area contributed by atoms with E-state index in [0.717, 1.165) is 28.0 Å². The minimum atomic E-state index is -0.752. The van der Waals surface area contributed by atoms with E-state index in [-0.39, 0.29) is 18.1 Å². The minimum absolute atomic E-state index is 0.151. The summed E-state index contributed by atoms with van der Waals surface area (Å²) in [5, 5.41) is 0. The predicted octanol–water partition coefficient (Wildman–Crippen LogP) is 4.97. The summed E-state index contributed by atoms with van der Waals surface area (Å²) in [6, 6.07) is 16.3. The van der Waals surface area contributed by atoms with Gasteiger partial charge in [0.15, 0.2) is 4.80 Å². The number of nitrogens with zero attached hydrogens (tertiary/aromatic N) is 2. The highest BCUT2D eigenvalue weighted by atomic mass is 32.1. The highest BCUT2D eigenvalue weighted by Crippen LogP contribution is 2.39. The molecule has 1 aliphatic heterocycles. The van der Waals surface area contributed by atoms with Crippen LogP contribution in [-0.4, -0.2) is 24.3 Å². The summed E-state index contributed by atoms with van der Waals surface area (Å²) in [4.78, 5) is 33.1. The number of hydrogen-bond acceptors (Lipinski definition) is 7. The summed E-state index contributed by atoms with van der Waals surface area (Å²) in [7, 11) is 1.65. The van der Waals surface area contributed by atoms with E-state index in [9.17, 15) is 9.59 Å². The Kier molecular flexibility index (Phi) is 7.39. The Morgan fingerprint density at radius 3 is 2.59 bits per heavy atom. The smallest absolute Gasteiger partial charge is 0.338 e. The summed E-state index contributed by atoms with van der Waals surface area (Å²) in [6.07, 6.45) is 3.27. The van der Waals surface area contributed by atoms with Crippen LogP contribution in [-0.2, 0) is 9.53 Å². The second-order valence-corrected chi connectivity index (χ2v) is 10.6. The number of ether oxygens (including phenoxy) is 2. The Morgan fingerprint density at radius 2 is 1.95 bits per heavy atom. The fourth-order valence-corrected chi connectivity index (χ4v) is 5.86. The summed E-state index contributed by atoms with van der Waals surface area (Å²) in [6.45, 7) is 8.10. The molecule has 0 bridgehead atoms. The number of furan rings is 1. The molecule has 4 aromatic rings. The summed E-state index contributed by atoms with van der Waals surface area (Å²) >= 11 is 1.27. The van der Waals surface area contributed by atoms with Gasteiger partial charge in [-0.2, -0.15) is 0 Å². The number of benzene rings is 2. The summed E-state index contributed by atoms with van der Waals surface area (Å²) in [5.74, 6) is 0.971. The normalized spacial score (nSPS) is 15.3. The van der Waals surface area contributed by atoms with Gasteiger partial charge < -0.3 is 13.9 Å². The van der Waals surface area contributed by atoms with Crippen molar-refractivity contribution >= 4 is 29.1 Å². The van der Waals surface area contributed by atoms with Crippen molar-refractivity contribution in [2.24, 2.45) is 4.99 Å². The van der Waals surface area contributed by atoms with Crippen LogP contribution in [0.3, 0.4) is 0 Å². The molecule has 1 unspecified atom stereocenters. The third-order valence-corrected chi connectivity index (χ3v) is 7.71. The third kappa shape index (κ3) is 4.88. The molecular formula is C31H30N2O5S. The second-order valence-electron chi connectivity index (χ2n) is 9.55. The van der Waals surface area contributed by atoms with Gasteiger partial charge in [-0.05, 0) is 60.7 Å². The number of esters is 1. The average molecular weight is 543 g/mol. The van der Waals surface area contributed by atoms with Crippen molar-refractivity contribution in [1.29, 1.82) is 0 Å². The molecule has 1 atom stereocenters. The van der Waals surface area contributed by atoms with Crippen molar-refractivity contribution in [2.45, 2.75) is 39.7 Å². The molecule has 0 fully saturated rings. The van der Waals surface area contributed by atoms with Gasteiger partial charge in [0, 0.05) is 11.6 Å². The van der Waals surface area contributed by atoms with Gasteiger partial charge >= 0.3 is 5.97 Å². The SMILES string of the molecule is CCOC(=O)C1=C(c2ccccc2)N=c2s/c(=C\c3ccco3)c(=O)n2C1c1cc(C(C)C)c(OC)cc1C.